The van der Waals surface area contributed by atoms with Crippen LogP contribution in [0.3, 0.4) is 0 Å². The molecule has 0 saturated heterocycles. The van der Waals surface area contributed by atoms with Crippen LogP contribution in [-0.2, 0) is 4.74 Å². The third-order valence-corrected chi connectivity index (χ3v) is 2.13. The summed E-state index contributed by atoms with van der Waals surface area (Å²) in [4.78, 5) is 0. The molecule has 1 nitrogen and oxygen atoms in total. The Morgan fingerprint density at radius 2 is 1.64 bits per heavy atom. The first-order chi connectivity index (χ1) is 5.43. The fourth-order valence-corrected chi connectivity index (χ4v) is 1.59. The lowest BCUT2D eigenvalue weighted by Gasteiger charge is -2.19. The van der Waals surface area contributed by atoms with E-state index < -0.39 is 0 Å². The molecule has 11 heavy (non-hydrogen) atoms. The summed E-state index contributed by atoms with van der Waals surface area (Å²) >= 11 is 0. The van der Waals surface area contributed by atoms with Crippen LogP contribution < -0.4 is 0 Å². The molecule has 0 aromatic rings. The van der Waals surface area contributed by atoms with Crippen molar-refractivity contribution in [1.29, 1.82) is 0 Å². The first-order valence-corrected chi connectivity index (χ1v) is 4.92. The molecule has 0 radical (unpaired) electrons. The van der Waals surface area contributed by atoms with Gasteiger partial charge in [-0.15, -0.1) is 0 Å². The highest BCUT2D eigenvalue weighted by Gasteiger charge is 2.11. The summed E-state index contributed by atoms with van der Waals surface area (Å²) in [6.07, 6.45) is 7.09. The van der Waals surface area contributed by atoms with E-state index in [2.05, 4.69) is 0 Å². The lowest BCUT2D eigenvalue weighted by Crippen LogP contribution is -2.11. The molecule has 1 heteroatoms. The third kappa shape index (κ3) is 5.25. The summed E-state index contributed by atoms with van der Waals surface area (Å²) in [6.45, 7) is 4.99. The van der Waals surface area contributed by atoms with Crippen LogP contribution in [0.25, 0.3) is 0 Å². The van der Waals surface area contributed by atoms with Crippen LogP contribution in [0.5, 0.6) is 0 Å². The van der Waals surface area contributed by atoms with Crippen molar-refractivity contribution in [2.24, 2.45) is 5.92 Å². The van der Waals surface area contributed by atoms with Crippen molar-refractivity contribution < 1.29 is 4.74 Å². The molecule has 0 aliphatic heterocycles. The van der Waals surface area contributed by atoms with Crippen LogP contribution in [0, 0.1) is 5.92 Å². The molecule has 0 heterocycles. The zero-order valence-electron chi connectivity index (χ0n) is 8.23. The summed E-state index contributed by atoms with van der Waals surface area (Å²) in [5.74, 6) is 0.878. The van der Waals surface area contributed by atoms with Crippen LogP contribution in [-0.4, -0.2) is 13.7 Å². The van der Waals surface area contributed by atoms with Crippen LogP contribution >= 0.6 is 0 Å². The highest BCUT2D eigenvalue weighted by molar-refractivity contribution is 4.64. The maximum absolute atomic E-state index is 5.08. The average molecular weight is 158 g/mol. The number of hydrogen-bond donors (Lipinski definition) is 0. The molecule has 0 bridgehead atoms. The van der Waals surface area contributed by atoms with Crippen molar-refractivity contribution in [3.05, 3.63) is 0 Å². The van der Waals surface area contributed by atoms with Crippen LogP contribution in [0.15, 0.2) is 0 Å². The largest absolute Gasteiger partial charge is 0.384 e. The van der Waals surface area contributed by atoms with Gasteiger partial charge >= 0.3 is 0 Å². The Labute approximate surface area is 71.1 Å². The molecular formula is C10H22O. The van der Waals surface area contributed by atoms with E-state index >= 15 is 0 Å². The van der Waals surface area contributed by atoms with E-state index in [0.717, 1.165) is 12.5 Å². The molecule has 0 N–H and O–H groups in total. The van der Waals surface area contributed by atoms with Gasteiger partial charge in [-0.25, -0.2) is 0 Å². The van der Waals surface area contributed by atoms with Crippen molar-refractivity contribution in [3.63, 3.8) is 0 Å². The van der Waals surface area contributed by atoms with Crippen molar-refractivity contribution in [2.75, 3.05) is 13.7 Å². The normalized spacial score (nSPS) is 18.8. The number of rotatable bonds is 2. The molecular weight excluding hydrogens is 136 g/mol. The molecule has 0 atom stereocenters. The number of ether oxygens (including phenoxy) is 1. The standard InChI is InChI=1S/C8H16O.C2H6/c1-9-7-8-5-3-2-4-6-8;1-2/h8H,2-7H2,1H3;1-2H3. The van der Waals surface area contributed by atoms with Gasteiger partial charge in [-0.3, -0.25) is 0 Å². The summed E-state index contributed by atoms with van der Waals surface area (Å²) in [7, 11) is 1.80. The Morgan fingerprint density at radius 1 is 1.09 bits per heavy atom. The van der Waals surface area contributed by atoms with Gasteiger partial charge in [0.1, 0.15) is 0 Å². The van der Waals surface area contributed by atoms with Gasteiger partial charge in [0, 0.05) is 13.7 Å². The SMILES string of the molecule is CC.COCC1CCCCC1. The van der Waals surface area contributed by atoms with E-state index in [0.29, 0.717) is 0 Å². The van der Waals surface area contributed by atoms with Crippen molar-refractivity contribution in [1.82, 2.24) is 0 Å². The summed E-state index contributed by atoms with van der Waals surface area (Å²) in [5.41, 5.74) is 0. The smallest absolute Gasteiger partial charge is 0.0490 e. The molecule has 1 saturated carbocycles. The second-order valence-electron chi connectivity index (χ2n) is 2.96. The van der Waals surface area contributed by atoms with Gasteiger partial charge in [0.05, 0.1) is 0 Å². The maximum atomic E-state index is 5.08. The second-order valence-corrected chi connectivity index (χ2v) is 2.96. The topological polar surface area (TPSA) is 9.23 Å². The van der Waals surface area contributed by atoms with Gasteiger partial charge < -0.3 is 4.74 Å². The Morgan fingerprint density at radius 3 is 2.09 bits per heavy atom. The number of hydrogen-bond acceptors (Lipinski definition) is 1. The van der Waals surface area contributed by atoms with Crippen molar-refractivity contribution in [3.8, 4) is 0 Å². The maximum Gasteiger partial charge on any atom is 0.0490 e. The Balaban J connectivity index is 0.000000461. The van der Waals surface area contributed by atoms with Crippen LogP contribution in [0.1, 0.15) is 46.0 Å². The zero-order chi connectivity index (χ0) is 8.53. The van der Waals surface area contributed by atoms with E-state index in [-0.39, 0.29) is 0 Å². The van der Waals surface area contributed by atoms with Crippen molar-refractivity contribution in [2.45, 2.75) is 46.0 Å². The first kappa shape index (κ1) is 11.0. The summed E-state index contributed by atoms with van der Waals surface area (Å²) < 4.78 is 5.08. The second kappa shape index (κ2) is 8.06. The molecule has 1 rings (SSSR count). The Kier molecular flexibility index (Phi) is 8.03. The highest BCUT2D eigenvalue weighted by Crippen LogP contribution is 2.23. The zero-order valence-corrected chi connectivity index (χ0v) is 8.23. The minimum absolute atomic E-state index is 0.878. The van der Waals surface area contributed by atoms with Gasteiger partial charge in [-0.2, -0.15) is 0 Å². The number of methoxy groups -OCH3 is 1. The molecule has 1 fully saturated rings. The van der Waals surface area contributed by atoms with Gasteiger partial charge in [0.15, 0.2) is 0 Å². The quantitative estimate of drug-likeness (QED) is 0.599. The first-order valence-electron chi connectivity index (χ1n) is 4.92. The molecule has 0 aromatic carbocycles. The predicted octanol–water partition coefficient (Wildman–Crippen LogP) is 3.24. The summed E-state index contributed by atoms with van der Waals surface area (Å²) in [6, 6.07) is 0. The van der Waals surface area contributed by atoms with E-state index in [1.54, 1.807) is 7.11 Å². The van der Waals surface area contributed by atoms with Crippen molar-refractivity contribution >= 4 is 0 Å². The molecule has 1 aliphatic carbocycles. The van der Waals surface area contributed by atoms with E-state index in [4.69, 9.17) is 4.74 Å². The molecule has 0 amide bonds. The molecule has 0 spiro atoms. The van der Waals surface area contributed by atoms with Crippen LogP contribution in [0.2, 0.25) is 0 Å². The van der Waals surface area contributed by atoms with Gasteiger partial charge in [-0.05, 0) is 18.8 Å². The third-order valence-electron chi connectivity index (χ3n) is 2.13. The fourth-order valence-electron chi connectivity index (χ4n) is 1.59. The van der Waals surface area contributed by atoms with E-state index in [9.17, 15) is 0 Å². The van der Waals surface area contributed by atoms with Gasteiger partial charge in [0.2, 0.25) is 0 Å². The minimum atomic E-state index is 0.878. The predicted molar refractivity (Wildman–Crippen MR) is 49.8 cm³/mol. The van der Waals surface area contributed by atoms with E-state index in [1.807, 2.05) is 13.8 Å². The van der Waals surface area contributed by atoms with Gasteiger partial charge in [-0.1, -0.05) is 33.1 Å². The molecule has 0 aromatic heterocycles. The van der Waals surface area contributed by atoms with Gasteiger partial charge in [0.25, 0.3) is 0 Å². The molecule has 0 unspecified atom stereocenters. The Hall–Kier alpha value is -0.0400. The van der Waals surface area contributed by atoms with Crippen LogP contribution in [0.4, 0.5) is 0 Å². The molecule has 1 aliphatic rings. The molecule has 68 valence electrons. The Bertz CT molecular complexity index is 62.5. The van der Waals surface area contributed by atoms with E-state index in [1.165, 1.54) is 32.1 Å². The fraction of sp³-hybridized carbons (Fsp3) is 1.00. The lowest BCUT2D eigenvalue weighted by molar-refractivity contribution is 0.131. The highest BCUT2D eigenvalue weighted by atomic mass is 16.5. The monoisotopic (exact) mass is 158 g/mol. The average Bonchev–Trinajstić information content (AvgIpc) is 2.11. The summed E-state index contributed by atoms with van der Waals surface area (Å²) in [5, 5.41) is 0. The minimum Gasteiger partial charge on any atom is -0.384 e. The lowest BCUT2D eigenvalue weighted by atomic mass is 9.90.